The van der Waals surface area contributed by atoms with Crippen molar-refractivity contribution in [1.29, 1.82) is 0 Å². The minimum absolute atomic E-state index is 0.164. The highest BCUT2D eigenvalue weighted by Gasteiger charge is 2.23. The summed E-state index contributed by atoms with van der Waals surface area (Å²) in [5, 5.41) is 4.03. The predicted octanol–water partition coefficient (Wildman–Crippen LogP) is 3.07. The van der Waals surface area contributed by atoms with Crippen LogP contribution in [0.4, 0.5) is 4.39 Å². The van der Waals surface area contributed by atoms with E-state index < -0.39 is 0 Å². The van der Waals surface area contributed by atoms with Gasteiger partial charge < -0.3 is 9.42 Å². The number of halogens is 1. The van der Waals surface area contributed by atoms with Gasteiger partial charge in [0, 0.05) is 31.7 Å². The maximum absolute atomic E-state index is 13.0. The van der Waals surface area contributed by atoms with Crippen molar-refractivity contribution in [3.05, 3.63) is 71.3 Å². The molecule has 0 aliphatic carbocycles. The van der Waals surface area contributed by atoms with Crippen LogP contribution in [0.25, 0.3) is 11.5 Å². The third-order valence-electron chi connectivity index (χ3n) is 5.25. The lowest BCUT2D eigenvalue weighted by atomic mass is 10.1. The van der Waals surface area contributed by atoms with E-state index in [1.54, 1.807) is 12.1 Å². The van der Waals surface area contributed by atoms with Crippen molar-refractivity contribution < 1.29 is 13.7 Å². The Morgan fingerprint density at radius 3 is 2.52 bits per heavy atom. The van der Waals surface area contributed by atoms with E-state index in [-0.39, 0.29) is 11.7 Å². The largest absolute Gasteiger partial charge is 0.340 e. The summed E-state index contributed by atoms with van der Waals surface area (Å²) >= 11 is 0. The molecule has 0 unspecified atom stereocenters. The number of rotatable bonds is 5. The minimum atomic E-state index is -0.302. The number of aromatic nitrogens is 2. The molecule has 7 heteroatoms. The Kier molecular flexibility index (Phi) is 5.67. The number of piperazine rings is 1. The molecule has 2 aromatic carbocycles. The van der Waals surface area contributed by atoms with E-state index in [0.717, 1.165) is 24.2 Å². The van der Waals surface area contributed by atoms with Crippen LogP contribution in [0.2, 0.25) is 0 Å². The highest BCUT2D eigenvalue weighted by Crippen LogP contribution is 2.18. The van der Waals surface area contributed by atoms with Crippen LogP contribution < -0.4 is 0 Å². The van der Waals surface area contributed by atoms with Crippen molar-refractivity contribution in [3.63, 3.8) is 0 Å². The molecule has 4 rings (SSSR count). The van der Waals surface area contributed by atoms with Crippen LogP contribution in [0.3, 0.4) is 0 Å². The maximum atomic E-state index is 13.0. The van der Waals surface area contributed by atoms with E-state index in [9.17, 15) is 9.18 Å². The van der Waals surface area contributed by atoms with Crippen molar-refractivity contribution in [2.75, 3.05) is 26.2 Å². The Morgan fingerprint density at radius 1 is 1.07 bits per heavy atom. The molecular weight excluding hydrogens is 371 g/mol. The smallest absolute Gasteiger partial charge is 0.257 e. The molecule has 150 valence electrons. The van der Waals surface area contributed by atoms with E-state index in [1.807, 2.05) is 36.1 Å². The molecule has 2 heterocycles. The molecule has 3 aromatic rings. The molecule has 1 aromatic heterocycles. The molecule has 0 atom stereocenters. The van der Waals surface area contributed by atoms with Crippen LogP contribution in [0, 0.1) is 12.7 Å². The molecule has 1 aliphatic rings. The molecule has 1 amide bonds. The van der Waals surface area contributed by atoms with E-state index in [0.29, 0.717) is 43.3 Å². The lowest BCUT2D eigenvalue weighted by Crippen LogP contribution is -2.48. The minimum Gasteiger partial charge on any atom is -0.340 e. The van der Waals surface area contributed by atoms with Gasteiger partial charge in [0.05, 0.1) is 13.0 Å². The fourth-order valence-corrected chi connectivity index (χ4v) is 3.47. The Morgan fingerprint density at radius 2 is 1.79 bits per heavy atom. The molecule has 0 spiro atoms. The summed E-state index contributed by atoms with van der Waals surface area (Å²) in [5.74, 6) is 0.830. The van der Waals surface area contributed by atoms with Gasteiger partial charge in [-0.1, -0.05) is 29.4 Å². The Labute approximate surface area is 168 Å². The van der Waals surface area contributed by atoms with Crippen molar-refractivity contribution in [3.8, 4) is 11.5 Å². The number of carbonyl (C=O) groups excluding carboxylic acids is 1. The van der Waals surface area contributed by atoms with Gasteiger partial charge in [0.25, 0.3) is 5.89 Å². The number of hydrogen-bond donors (Lipinski definition) is 0. The number of nitrogens with zero attached hydrogens (tertiary/aromatic N) is 4. The number of benzene rings is 2. The van der Waals surface area contributed by atoms with Gasteiger partial charge in [-0.2, -0.15) is 4.98 Å². The standard InChI is InChI=1S/C22H23FN4O2/c1-16-4-2-3-5-18(16)14-21(28)27-12-10-26(11-13-27)15-20-24-22(29-25-20)17-6-8-19(23)9-7-17/h2-9H,10-15H2,1H3. The van der Waals surface area contributed by atoms with Gasteiger partial charge in [0.1, 0.15) is 5.82 Å². The zero-order valence-electron chi connectivity index (χ0n) is 16.3. The second kappa shape index (κ2) is 8.53. The predicted molar refractivity (Wildman–Crippen MR) is 106 cm³/mol. The van der Waals surface area contributed by atoms with Crippen molar-refractivity contribution in [2.45, 2.75) is 19.9 Å². The van der Waals surface area contributed by atoms with Gasteiger partial charge in [-0.05, 0) is 42.3 Å². The average molecular weight is 394 g/mol. The van der Waals surface area contributed by atoms with Crippen LogP contribution >= 0.6 is 0 Å². The molecule has 6 nitrogen and oxygen atoms in total. The zero-order chi connectivity index (χ0) is 20.2. The monoisotopic (exact) mass is 394 g/mol. The van der Waals surface area contributed by atoms with Crippen LogP contribution in [-0.4, -0.2) is 52.0 Å². The van der Waals surface area contributed by atoms with Gasteiger partial charge in [-0.3, -0.25) is 9.69 Å². The molecule has 1 aliphatic heterocycles. The second-order valence-corrected chi connectivity index (χ2v) is 7.28. The number of hydrogen-bond acceptors (Lipinski definition) is 5. The normalized spacial score (nSPS) is 14.9. The molecule has 0 bridgehead atoms. The first kappa shape index (κ1) is 19.3. The van der Waals surface area contributed by atoms with E-state index in [1.165, 1.54) is 12.1 Å². The zero-order valence-corrected chi connectivity index (χ0v) is 16.3. The van der Waals surface area contributed by atoms with Crippen molar-refractivity contribution in [1.82, 2.24) is 19.9 Å². The van der Waals surface area contributed by atoms with Gasteiger partial charge in [-0.25, -0.2) is 4.39 Å². The highest BCUT2D eigenvalue weighted by molar-refractivity contribution is 5.79. The molecule has 0 saturated carbocycles. The second-order valence-electron chi connectivity index (χ2n) is 7.28. The van der Waals surface area contributed by atoms with Gasteiger partial charge >= 0.3 is 0 Å². The van der Waals surface area contributed by atoms with E-state index in [2.05, 4.69) is 15.0 Å². The summed E-state index contributed by atoms with van der Waals surface area (Å²) in [6.45, 7) is 5.50. The van der Waals surface area contributed by atoms with E-state index in [4.69, 9.17) is 4.52 Å². The first-order chi connectivity index (χ1) is 14.1. The topological polar surface area (TPSA) is 62.5 Å². The fraction of sp³-hybridized carbons (Fsp3) is 0.318. The molecule has 1 fully saturated rings. The Bertz CT molecular complexity index is 978. The number of aryl methyl sites for hydroxylation is 1. The van der Waals surface area contributed by atoms with Crippen LogP contribution in [-0.2, 0) is 17.8 Å². The summed E-state index contributed by atoms with van der Waals surface area (Å²) < 4.78 is 18.3. The quantitative estimate of drug-likeness (QED) is 0.666. The summed E-state index contributed by atoms with van der Waals surface area (Å²) in [5.41, 5.74) is 2.92. The lowest BCUT2D eigenvalue weighted by molar-refractivity contribution is -0.132. The molecule has 29 heavy (non-hydrogen) atoms. The van der Waals surface area contributed by atoms with Crippen LogP contribution in [0.1, 0.15) is 17.0 Å². The fourth-order valence-electron chi connectivity index (χ4n) is 3.47. The SMILES string of the molecule is Cc1ccccc1CC(=O)N1CCN(Cc2noc(-c3ccc(F)cc3)n2)CC1. The molecule has 0 N–H and O–H groups in total. The summed E-state index contributed by atoms with van der Waals surface area (Å²) in [6.07, 6.45) is 0.443. The third-order valence-corrected chi connectivity index (χ3v) is 5.25. The molecular formula is C22H23FN4O2. The van der Waals surface area contributed by atoms with Crippen molar-refractivity contribution >= 4 is 5.91 Å². The summed E-state index contributed by atoms with van der Waals surface area (Å²) in [7, 11) is 0. The lowest BCUT2D eigenvalue weighted by Gasteiger charge is -2.34. The number of carbonyl (C=O) groups is 1. The first-order valence-corrected chi connectivity index (χ1v) is 9.71. The van der Waals surface area contributed by atoms with Crippen molar-refractivity contribution in [2.24, 2.45) is 0 Å². The van der Waals surface area contributed by atoms with E-state index >= 15 is 0 Å². The average Bonchev–Trinajstić information content (AvgIpc) is 3.19. The van der Waals surface area contributed by atoms with Gasteiger partial charge in [0.15, 0.2) is 5.82 Å². The molecule has 0 radical (unpaired) electrons. The summed E-state index contributed by atoms with van der Waals surface area (Å²) in [6, 6.07) is 14.0. The van der Waals surface area contributed by atoms with Gasteiger partial charge in [0.2, 0.25) is 5.91 Å². The first-order valence-electron chi connectivity index (χ1n) is 9.71. The van der Waals surface area contributed by atoms with Crippen LogP contribution in [0.15, 0.2) is 53.1 Å². The third kappa shape index (κ3) is 4.68. The highest BCUT2D eigenvalue weighted by atomic mass is 19.1. The summed E-state index contributed by atoms with van der Waals surface area (Å²) in [4.78, 5) is 21.1. The van der Waals surface area contributed by atoms with Gasteiger partial charge in [-0.15, -0.1) is 0 Å². The molecule has 1 saturated heterocycles. The maximum Gasteiger partial charge on any atom is 0.257 e. The Balaban J connectivity index is 1.29. The van der Waals surface area contributed by atoms with Crippen LogP contribution in [0.5, 0.6) is 0 Å². The number of amides is 1. The Hall–Kier alpha value is -3.06.